The standard InChI is InChI=1S/C32H43FO4/c1-4-5-6-8-24-10-12-25(13-11-24)26-14-16-29(30(33)22-26)27-15-17-31(36-20-18-34)28(21-27)9-7-19-37-32(35)23(2)3/h14-17,21-22,24-25,34H,2,4-13,18-20H2,1,3H3. The lowest BCUT2D eigenvalue weighted by atomic mass is 9.77. The van der Waals surface area contributed by atoms with E-state index >= 15 is 4.39 Å². The van der Waals surface area contributed by atoms with Gasteiger partial charge in [0, 0.05) is 11.1 Å². The van der Waals surface area contributed by atoms with E-state index in [0.29, 0.717) is 35.6 Å². The maximum Gasteiger partial charge on any atom is 0.333 e. The van der Waals surface area contributed by atoms with Crippen LogP contribution in [0.3, 0.4) is 0 Å². The second-order valence-corrected chi connectivity index (χ2v) is 10.4. The number of unbranched alkanes of at least 4 members (excludes halogenated alkanes) is 2. The Bertz CT molecular complexity index is 1020. The number of rotatable bonds is 14. The van der Waals surface area contributed by atoms with Crippen molar-refractivity contribution in [2.24, 2.45) is 5.92 Å². The molecular weight excluding hydrogens is 467 g/mol. The summed E-state index contributed by atoms with van der Waals surface area (Å²) in [7, 11) is 0. The zero-order chi connectivity index (χ0) is 26.6. The van der Waals surface area contributed by atoms with Gasteiger partial charge in [0.25, 0.3) is 0 Å². The summed E-state index contributed by atoms with van der Waals surface area (Å²) >= 11 is 0. The predicted octanol–water partition coefficient (Wildman–Crippen LogP) is 7.77. The van der Waals surface area contributed by atoms with Gasteiger partial charge in [-0.15, -0.1) is 0 Å². The number of aliphatic hydroxyl groups excluding tert-OH is 1. The summed E-state index contributed by atoms with van der Waals surface area (Å²) in [6.45, 7) is 7.81. The molecule has 0 heterocycles. The Balaban J connectivity index is 1.67. The molecule has 37 heavy (non-hydrogen) atoms. The van der Waals surface area contributed by atoms with Crippen molar-refractivity contribution < 1.29 is 23.8 Å². The van der Waals surface area contributed by atoms with Crippen molar-refractivity contribution in [3.63, 3.8) is 0 Å². The molecule has 0 bridgehead atoms. The van der Waals surface area contributed by atoms with E-state index in [1.54, 1.807) is 13.0 Å². The molecule has 202 valence electrons. The highest BCUT2D eigenvalue weighted by atomic mass is 19.1. The Morgan fingerprint density at radius 1 is 1.05 bits per heavy atom. The first kappa shape index (κ1) is 28.9. The first-order valence-corrected chi connectivity index (χ1v) is 13.9. The van der Waals surface area contributed by atoms with Crippen LogP contribution in [-0.2, 0) is 16.0 Å². The number of hydrogen-bond acceptors (Lipinski definition) is 4. The van der Waals surface area contributed by atoms with E-state index in [9.17, 15) is 9.90 Å². The van der Waals surface area contributed by atoms with Crippen LogP contribution in [-0.4, -0.2) is 30.9 Å². The monoisotopic (exact) mass is 510 g/mol. The molecule has 0 atom stereocenters. The third-order valence-electron chi connectivity index (χ3n) is 7.42. The van der Waals surface area contributed by atoms with Crippen molar-refractivity contribution in [1.29, 1.82) is 0 Å². The zero-order valence-corrected chi connectivity index (χ0v) is 22.6. The number of carbonyl (C=O) groups is 1. The quantitative estimate of drug-likeness (QED) is 0.160. The largest absolute Gasteiger partial charge is 0.491 e. The van der Waals surface area contributed by atoms with Crippen LogP contribution in [0.2, 0.25) is 0 Å². The van der Waals surface area contributed by atoms with Gasteiger partial charge in [0.2, 0.25) is 0 Å². The average Bonchev–Trinajstić information content (AvgIpc) is 2.90. The summed E-state index contributed by atoms with van der Waals surface area (Å²) in [5.74, 6) is 1.32. The lowest BCUT2D eigenvalue weighted by Gasteiger charge is -2.29. The third kappa shape index (κ3) is 8.70. The Hall–Kier alpha value is -2.66. The molecule has 3 rings (SSSR count). The highest BCUT2D eigenvalue weighted by molar-refractivity contribution is 5.86. The van der Waals surface area contributed by atoms with Crippen LogP contribution < -0.4 is 4.74 Å². The van der Waals surface area contributed by atoms with Crippen LogP contribution in [0, 0.1) is 11.7 Å². The second kappa shape index (κ2) is 14.9. The molecule has 0 radical (unpaired) electrons. The molecule has 2 aromatic carbocycles. The topological polar surface area (TPSA) is 55.8 Å². The number of ether oxygens (including phenoxy) is 2. The molecule has 0 aliphatic heterocycles. The van der Waals surface area contributed by atoms with Gasteiger partial charge in [0.05, 0.1) is 13.2 Å². The molecule has 0 aromatic heterocycles. The van der Waals surface area contributed by atoms with Gasteiger partial charge in [-0.1, -0.05) is 57.4 Å². The number of aliphatic hydroxyl groups is 1. The Labute approximate surface area is 221 Å². The van der Waals surface area contributed by atoms with Crippen molar-refractivity contribution in [2.45, 2.75) is 84.0 Å². The summed E-state index contributed by atoms with van der Waals surface area (Å²) in [5, 5.41) is 9.17. The summed E-state index contributed by atoms with van der Waals surface area (Å²) < 4.78 is 26.2. The van der Waals surface area contributed by atoms with Crippen molar-refractivity contribution in [3.8, 4) is 16.9 Å². The molecule has 1 saturated carbocycles. The van der Waals surface area contributed by atoms with Crippen molar-refractivity contribution in [1.82, 2.24) is 0 Å². The van der Waals surface area contributed by atoms with E-state index in [1.165, 1.54) is 38.5 Å². The minimum Gasteiger partial charge on any atom is -0.491 e. The van der Waals surface area contributed by atoms with Crippen LogP contribution in [0.5, 0.6) is 5.75 Å². The van der Waals surface area contributed by atoms with E-state index in [-0.39, 0.29) is 25.6 Å². The fourth-order valence-corrected chi connectivity index (χ4v) is 5.28. The highest BCUT2D eigenvalue weighted by Gasteiger charge is 2.23. The van der Waals surface area contributed by atoms with Gasteiger partial charge in [-0.3, -0.25) is 0 Å². The minimum absolute atomic E-state index is 0.0891. The molecule has 2 aromatic rings. The zero-order valence-electron chi connectivity index (χ0n) is 22.6. The number of aryl methyl sites for hydroxylation is 1. The predicted molar refractivity (Wildman–Crippen MR) is 147 cm³/mol. The summed E-state index contributed by atoms with van der Waals surface area (Å²) in [5.41, 5.74) is 3.72. The number of benzene rings is 2. The Kier molecular flexibility index (Phi) is 11.7. The van der Waals surface area contributed by atoms with E-state index in [2.05, 4.69) is 19.6 Å². The molecule has 1 fully saturated rings. The minimum atomic E-state index is -0.405. The first-order chi connectivity index (χ1) is 17.9. The summed E-state index contributed by atoms with van der Waals surface area (Å²) in [4.78, 5) is 11.6. The number of carbonyl (C=O) groups excluding carboxylic acids is 1. The Morgan fingerprint density at radius 3 is 2.51 bits per heavy atom. The van der Waals surface area contributed by atoms with Crippen molar-refractivity contribution >= 4 is 5.97 Å². The smallest absolute Gasteiger partial charge is 0.333 e. The molecule has 0 amide bonds. The molecule has 1 N–H and O–H groups in total. The molecule has 5 heteroatoms. The van der Waals surface area contributed by atoms with Gasteiger partial charge < -0.3 is 14.6 Å². The maximum absolute atomic E-state index is 15.3. The van der Waals surface area contributed by atoms with Crippen molar-refractivity contribution in [2.75, 3.05) is 19.8 Å². The van der Waals surface area contributed by atoms with Gasteiger partial charge in [-0.05, 0) is 92.2 Å². The fourth-order valence-electron chi connectivity index (χ4n) is 5.28. The van der Waals surface area contributed by atoms with Crippen LogP contribution in [0.25, 0.3) is 11.1 Å². The molecule has 0 unspecified atom stereocenters. The summed E-state index contributed by atoms with van der Waals surface area (Å²) in [6, 6.07) is 11.3. The average molecular weight is 511 g/mol. The van der Waals surface area contributed by atoms with E-state index in [4.69, 9.17) is 9.47 Å². The van der Waals surface area contributed by atoms with Crippen LogP contribution in [0.15, 0.2) is 48.6 Å². The van der Waals surface area contributed by atoms with E-state index in [0.717, 1.165) is 35.4 Å². The number of esters is 1. The van der Waals surface area contributed by atoms with Crippen LogP contribution >= 0.6 is 0 Å². The Morgan fingerprint density at radius 2 is 1.84 bits per heavy atom. The van der Waals surface area contributed by atoms with E-state index in [1.807, 2.05) is 24.3 Å². The van der Waals surface area contributed by atoms with Crippen LogP contribution in [0.1, 0.15) is 88.7 Å². The van der Waals surface area contributed by atoms with Crippen molar-refractivity contribution in [3.05, 3.63) is 65.5 Å². The molecule has 1 aliphatic rings. The normalized spacial score (nSPS) is 17.4. The summed E-state index contributed by atoms with van der Waals surface area (Å²) in [6.07, 6.45) is 11.2. The van der Waals surface area contributed by atoms with Gasteiger partial charge in [-0.25, -0.2) is 9.18 Å². The lowest BCUT2D eigenvalue weighted by Crippen LogP contribution is -2.13. The van der Waals surface area contributed by atoms with Crippen LogP contribution in [0.4, 0.5) is 4.39 Å². The highest BCUT2D eigenvalue weighted by Crippen LogP contribution is 2.39. The molecule has 4 nitrogen and oxygen atoms in total. The molecule has 0 saturated heterocycles. The number of halogens is 1. The molecule has 0 spiro atoms. The fraction of sp³-hybridized carbons (Fsp3) is 0.531. The third-order valence-corrected chi connectivity index (χ3v) is 7.42. The molecular formula is C32H43FO4. The maximum atomic E-state index is 15.3. The lowest BCUT2D eigenvalue weighted by molar-refractivity contribution is -0.139. The van der Waals surface area contributed by atoms with Gasteiger partial charge >= 0.3 is 5.97 Å². The number of hydrogen-bond donors (Lipinski definition) is 1. The first-order valence-electron chi connectivity index (χ1n) is 13.9. The van der Waals surface area contributed by atoms with Gasteiger partial charge in [0.1, 0.15) is 18.2 Å². The second-order valence-electron chi connectivity index (χ2n) is 10.4. The van der Waals surface area contributed by atoms with Gasteiger partial charge in [0.15, 0.2) is 0 Å². The van der Waals surface area contributed by atoms with Gasteiger partial charge in [-0.2, -0.15) is 0 Å². The molecule has 1 aliphatic carbocycles. The van der Waals surface area contributed by atoms with E-state index < -0.39 is 5.97 Å². The SMILES string of the molecule is C=C(C)C(=O)OCCCc1cc(-c2ccc(C3CCC(CCCCC)CC3)cc2F)ccc1OCCO.